The minimum Gasteiger partial charge on any atom is -0.510 e. The fraction of sp³-hybridized carbons (Fsp3) is 0.189. The third kappa shape index (κ3) is 9.39. The van der Waals surface area contributed by atoms with Crippen LogP contribution in [0, 0.1) is 32.2 Å². The van der Waals surface area contributed by atoms with Crippen LogP contribution in [0.15, 0.2) is 200 Å². The fourth-order valence-electron chi connectivity index (χ4n) is 9.92. The molecule has 0 amide bonds. The van der Waals surface area contributed by atoms with E-state index in [9.17, 15) is 12.3 Å². The fourth-order valence-corrected chi connectivity index (χ4v) is 9.92. The Hall–Kier alpha value is -8.11. The van der Waals surface area contributed by atoms with Gasteiger partial charge in [-0.1, -0.05) is 205 Å². The van der Waals surface area contributed by atoms with Crippen molar-refractivity contribution in [2.45, 2.75) is 90.9 Å². The molecule has 6 heteroatoms. The molecule has 0 saturated carbocycles. The number of hydrogen-bond donors (Lipinski definition) is 0. The van der Waals surface area contributed by atoms with Gasteiger partial charge in [-0.15, -0.1) is 29.7 Å². The zero-order chi connectivity index (χ0) is 84.3. The second-order valence-corrected chi connectivity index (χ2v) is 20.0. The first-order valence-corrected chi connectivity index (χ1v) is 24.7. The molecule has 0 bridgehead atoms. The molecule has 398 valence electrons. The van der Waals surface area contributed by atoms with Crippen LogP contribution in [0.5, 0.6) is 11.5 Å². The first kappa shape index (κ1) is 26.0. The molecular weight excluding hydrogens is 1160 g/mol. The smallest absolute Gasteiger partial charge is 0.268 e. The molecule has 0 atom stereocenters. The van der Waals surface area contributed by atoms with E-state index < -0.39 is 199 Å². The topological polar surface area (TPSA) is 35.9 Å². The van der Waals surface area contributed by atoms with E-state index in [0.29, 0.717) is 27.4 Å². The van der Waals surface area contributed by atoms with Crippen molar-refractivity contribution in [1.82, 2.24) is 14.1 Å². The van der Waals surface area contributed by atoms with E-state index >= 15 is 0 Å². The van der Waals surface area contributed by atoms with E-state index in [1.807, 2.05) is 45.0 Å². The quantitative estimate of drug-likeness (QED) is 0.107. The van der Waals surface area contributed by atoms with Gasteiger partial charge in [0, 0.05) is 80.0 Å². The largest absolute Gasteiger partial charge is 0.510 e. The van der Waals surface area contributed by atoms with Crippen LogP contribution in [0.1, 0.15) is 137 Å². The maximum atomic E-state index is 10.4. The van der Waals surface area contributed by atoms with Crippen molar-refractivity contribution in [2.24, 2.45) is 0 Å². The summed E-state index contributed by atoms with van der Waals surface area (Å²) in [6, 6.07) is 22.9. The molecule has 3 aromatic heterocycles. The minimum atomic E-state index is -4.79. The standard InChI is InChI=1S/C74H64N4O.Pt/c1-48-39-61(51-19-12-10-13-20-51)71(62(40-48)54-29-35-64-65(42-54)74(8,9)38-37-73(64,6)7)77-47-76(69-43-53(30-36-67(69)77)50-27-31-55(32-28-50)72(3,4)5)56-23-18-24-57(44-56)79-58-33-34-60-59-25-16-17-26-66(59)78(68(60)45-58)70-41-49(2)63(46-75-70)52-21-14-11-15-22-52;/h10-36,39-43,46H,37-38H2,1-9H3;/q-2;/i1D3,2D3,6D3,7D3,8D3,9D3,10D,11D,12D,13D,14D,15D,19D,20D,21D,22D,29D,35D,37D2,38D2,42D;. The third-order valence-electron chi connectivity index (χ3n) is 13.8. The first-order valence-electron chi connectivity index (χ1n) is 42.2. The van der Waals surface area contributed by atoms with Crippen LogP contribution in [0.25, 0.3) is 94.5 Å². The molecule has 0 N–H and O–H groups in total. The van der Waals surface area contributed by atoms with Crippen molar-refractivity contribution in [1.29, 1.82) is 0 Å². The van der Waals surface area contributed by atoms with Crippen LogP contribution in [-0.2, 0) is 37.3 Å². The number of aryl methyl sites for hydroxylation is 2. The van der Waals surface area contributed by atoms with E-state index in [1.165, 1.54) is 34.9 Å². The normalized spacial score (nSPS) is 22.4. The van der Waals surface area contributed by atoms with Crippen molar-refractivity contribution < 1.29 is 78.3 Å². The van der Waals surface area contributed by atoms with Gasteiger partial charge in [-0.2, -0.15) is 18.2 Å². The average molecular weight is 1260 g/mol. The summed E-state index contributed by atoms with van der Waals surface area (Å²) in [5.41, 5.74) is -16.6. The summed E-state index contributed by atoms with van der Waals surface area (Å²) in [7, 11) is 0. The van der Waals surface area contributed by atoms with Crippen LogP contribution in [0.4, 0.5) is 0 Å². The minimum absolute atomic E-state index is 0. The van der Waals surface area contributed by atoms with Crippen molar-refractivity contribution in [3.63, 3.8) is 0 Å². The molecule has 12 aromatic rings. The predicted molar refractivity (Wildman–Crippen MR) is 325 cm³/mol. The maximum Gasteiger partial charge on any atom is 0.268 e. The molecule has 0 unspecified atom stereocenters. The molecule has 0 saturated heterocycles. The number of nitrogens with zero attached hydrogens (tertiary/aromatic N) is 4. The summed E-state index contributed by atoms with van der Waals surface area (Å²) in [5.74, 6) is -0.0574. The average Bonchev–Trinajstić information content (AvgIpc) is 0.995. The molecule has 1 aliphatic carbocycles. The number of rotatable bonds is 9. The number of imidazole rings is 1. The maximum absolute atomic E-state index is 10.4. The molecule has 13 rings (SSSR count). The van der Waals surface area contributed by atoms with Gasteiger partial charge >= 0.3 is 0 Å². The molecule has 0 aliphatic heterocycles. The zero-order valence-electron chi connectivity index (χ0n) is 77.6. The van der Waals surface area contributed by atoms with E-state index in [-0.39, 0.29) is 71.6 Å². The van der Waals surface area contributed by atoms with Crippen molar-refractivity contribution in [2.75, 3.05) is 0 Å². The monoisotopic (exact) mass is 1250 g/mol. The summed E-state index contributed by atoms with van der Waals surface area (Å²) in [6.07, 6.45) is -5.22. The van der Waals surface area contributed by atoms with Crippen LogP contribution >= 0.6 is 0 Å². The zero-order valence-corrected chi connectivity index (χ0v) is 44.8. The number of fused-ring (bicyclic) bond motifs is 5. The Morgan fingerprint density at radius 1 is 0.625 bits per heavy atom. The van der Waals surface area contributed by atoms with Gasteiger partial charge in [0.2, 0.25) is 0 Å². The van der Waals surface area contributed by atoms with Crippen LogP contribution in [0.3, 0.4) is 0 Å². The van der Waals surface area contributed by atoms with Gasteiger partial charge in [0.15, 0.2) is 0 Å². The second kappa shape index (κ2) is 20.2. The van der Waals surface area contributed by atoms with E-state index in [2.05, 4.69) is 23.4 Å². The number of pyridine rings is 1. The second-order valence-electron chi connectivity index (χ2n) is 20.0. The summed E-state index contributed by atoms with van der Waals surface area (Å²) in [6.45, 7) is -18.3. The van der Waals surface area contributed by atoms with Crippen LogP contribution < -0.4 is 9.30 Å². The SMILES string of the molecule is [2H]c1c([2H])c([2H])c(-c2cnc(-n3c4[c-]c(Oc5[c-]c(-n6[c-][n+](-c7c(-c8c([2H])c([2H])c([2H])c([2H])c8[2H])cc(C([2H])([2H])[2H])cc7-c7c([2H])c([2H])c8c(c7[2H])C(C([2H])([2H])[2H])(C([2H])([2H])[2H])C([2H])([2H])C([2H])([2H])C8(C([2H])([2H])[2H])C([2H])([2H])[2H])c7ccc(-c8ccc(C(C)(C)C)cc8)cc76)ccc5)ccc4c4ccccc43)cc2C([2H])([2H])[2H])c([2H])c1[2H].[Pt]. The van der Waals surface area contributed by atoms with Crippen molar-refractivity contribution >= 4 is 32.8 Å². The number of ether oxygens (including phenoxy) is 1. The van der Waals surface area contributed by atoms with Gasteiger partial charge in [0.1, 0.15) is 5.82 Å². The molecule has 5 nitrogen and oxygen atoms in total. The number of hydrogen-bond acceptors (Lipinski definition) is 2. The van der Waals surface area contributed by atoms with Gasteiger partial charge in [0.25, 0.3) is 6.33 Å². The number of benzene rings is 9. The molecular formula is C74H64N4OPt-2. The third-order valence-corrected chi connectivity index (χ3v) is 13.8. The number of aromatic nitrogens is 4. The molecule has 80 heavy (non-hydrogen) atoms. The molecule has 9 aromatic carbocycles. The Morgan fingerprint density at radius 3 is 2.05 bits per heavy atom. The van der Waals surface area contributed by atoms with Crippen molar-refractivity contribution in [3.05, 3.63) is 246 Å². The van der Waals surface area contributed by atoms with Crippen LogP contribution in [0.2, 0.25) is 0 Å². The summed E-state index contributed by atoms with van der Waals surface area (Å²) in [5, 5.41) is 1.19. The molecule has 3 heterocycles. The van der Waals surface area contributed by atoms with E-state index in [4.69, 9.17) is 40.4 Å². The molecule has 1 aliphatic rings. The first-order chi connectivity index (χ1) is 52.4. The van der Waals surface area contributed by atoms with Gasteiger partial charge in [-0.25, -0.2) is 4.98 Å². The molecule has 0 fully saturated rings. The van der Waals surface area contributed by atoms with E-state index in [1.54, 1.807) is 53.1 Å². The Bertz CT molecular complexity index is 5950. The molecule has 0 spiro atoms. The molecule has 0 radical (unpaired) electrons. The van der Waals surface area contributed by atoms with Gasteiger partial charge in [0.05, 0.1) is 34.5 Å². The Labute approximate surface area is 534 Å². The predicted octanol–water partition coefficient (Wildman–Crippen LogP) is 18.5. The van der Waals surface area contributed by atoms with Gasteiger partial charge < -0.3 is 13.9 Å². The van der Waals surface area contributed by atoms with Gasteiger partial charge in [-0.3, -0.25) is 4.57 Å². The summed E-state index contributed by atoms with van der Waals surface area (Å²) >= 11 is 0. The van der Waals surface area contributed by atoms with Crippen LogP contribution in [-0.4, -0.2) is 14.1 Å². The summed E-state index contributed by atoms with van der Waals surface area (Å²) in [4.78, 5) is 4.65. The van der Waals surface area contributed by atoms with Gasteiger partial charge in [-0.05, 0) is 133 Å². The Morgan fingerprint density at radius 2 is 1.32 bits per heavy atom. The number of para-hydroxylation sites is 1. The van der Waals surface area contributed by atoms with E-state index in [0.717, 1.165) is 28.5 Å². The Kier molecular flexibility index (Phi) is 6.57. The summed E-state index contributed by atoms with van der Waals surface area (Å²) < 4.78 is 328. The Balaban J connectivity index is 0.0000122. The van der Waals surface area contributed by atoms with Crippen molar-refractivity contribution in [3.8, 4) is 73.2 Å².